The van der Waals surface area contributed by atoms with Crippen molar-refractivity contribution in [1.82, 2.24) is 20.3 Å². The fourth-order valence-corrected chi connectivity index (χ4v) is 4.34. The largest absolute Gasteiger partial charge is 0.346 e. The number of rotatable bonds is 4. The standard InChI is InChI=1S/C18H18FN5S2/c1-25-17-21-6-5-14(22-17)16-15(12-3-2-4-13(19)11-12)23-18(26-16)24-9-7-20-8-10-24/h2-6,11,20H,7-10H2,1H3. The molecule has 0 amide bonds. The Kier molecular flexibility index (Phi) is 5.14. The fourth-order valence-electron chi connectivity index (χ4n) is 2.87. The van der Waals surface area contributed by atoms with Crippen LogP contribution in [-0.2, 0) is 0 Å². The van der Waals surface area contributed by atoms with Crippen LogP contribution in [0.25, 0.3) is 21.8 Å². The average Bonchev–Trinajstić information content (AvgIpc) is 3.14. The number of aromatic nitrogens is 3. The number of thioether (sulfide) groups is 1. The molecular formula is C18H18FN5S2. The number of nitrogens with zero attached hydrogens (tertiary/aromatic N) is 4. The fraction of sp³-hybridized carbons (Fsp3) is 0.278. The summed E-state index contributed by atoms with van der Waals surface area (Å²) in [5.41, 5.74) is 2.36. The number of hydrogen-bond donors (Lipinski definition) is 1. The van der Waals surface area contributed by atoms with Gasteiger partial charge in [0.25, 0.3) is 0 Å². The van der Waals surface area contributed by atoms with Crippen molar-refractivity contribution in [2.75, 3.05) is 37.3 Å². The van der Waals surface area contributed by atoms with Gasteiger partial charge in [-0.05, 0) is 24.5 Å². The third kappa shape index (κ3) is 3.58. The van der Waals surface area contributed by atoms with Crippen LogP contribution in [0.5, 0.6) is 0 Å². The molecule has 26 heavy (non-hydrogen) atoms. The molecule has 1 fully saturated rings. The Bertz CT molecular complexity index is 908. The van der Waals surface area contributed by atoms with E-state index in [0.29, 0.717) is 5.16 Å². The Morgan fingerprint density at radius 3 is 2.81 bits per heavy atom. The Balaban J connectivity index is 1.83. The van der Waals surface area contributed by atoms with Gasteiger partial charge in [0.15, 0.2) is 10.3 Å². The number of piperazine rings is 1. The molecule has 4 rings (SSSR count). The van der Waals surface area contributed by atoms with E-state index in [1.807, 2.05) is 18.4 Å². The van der Waals surface area contributed by atoms with Crippen molar-refractivity contribution in [3.63, 3.8) is 0 Å². The van der Waals surface area contributed by atoms with E-state index in [2.05, 4.69) is 20.2 Å². The lowest BCUT2D eigenvalue weighted by atomic mass is 10.1. The van der Waals surface area contributed by atoms with Crippen LogP contribution in [0.3, 0.4) is 0 Å². The third-order valence-corrected chi connectivity index (χ3v) is 5.85. The summed E-state index contributed by atoms with van der Waals surface area (Å²) in [5, 5.41) is 5.02. The van der Waals surface area contributed by atoms with Crippen LogP contribution >= 0.6 is 23.1 Å². The normalized spacial score (nSPS) is 14.6. The maximum atomic E-state index is 13.8. The highest BCUT2D eigenvalue weighted by molar-refractivity contribution is 7.98. The molecule has 134 valence electrons. The van der Waals surface area contributed by atoms with Crippen LogP contribution in [-0.4, -0.2) is 47.4 Å². The van der Waals surface area contributed by atoms with Gasteiger partial charge in [-0.1, -0.05) is 35.2 Å². The van der Waals surface area contributed by atoms with Crippen molar-refractivity contribution in [2.45, 2.75) is 5.16 Å². The second-order valence-electron chi connectivity index (χ2n) is 5.85. The molecule has 0 unspecified atom stereocenters. The van der Waals surface area contributed by atoms with Crippen LogP contribution in [0.15, 0.2) is 41.7 Å². The smallest absolute Gasteiger partial charge is 0.187 e. The number of halogens is 1. The van der Waals surface area contributed by atoms with Crippen LogP contribution < -0.4 is 10.2 Å². The molecule has 3 heterocycles. The van der Waals surface area contributed by atoms with E-state index in [1.165, 1.54) is 23.9 Å². The zero-order valence-corrected chi connectivity index (χ0v) is 15.9. The Morgan fingerprint density at radius 2 is 2.04 bits per heavy atom. The molecule has 1 aromatic carbocycles. The molecule has 3 aromatic rings. The van der Waals surface area contributed by atoms with Crippen molar-refractivity contribution < 1.29 is 4.39 Å². The molecule has 1 saturated heterocycles. The molecule has 1 aliphatic heterocycles. The molecule has 5 nitrogen and oxygen atoms in total. The van der Waals surface area contributed by atoms with Gasteiger partial charge in [-0.2, -0.15) is 0 Å². The van der Waals surface area contributed by atoms with Crippen LogP contribution in [0.2, 0.25) is 0 Å². The number of benzene rings is 1. The lowest BCUT2D eigenvalue weighted by molar-refractivity contribution is 0.588. The van der Waals surface area contributed by atoms with Crippen molar-refractivity contribution in [3.8, 4) is 21.8 Å². The Hall–Kier alpha value is -2.03. The minimum absolute atomic E-state index is 0.266. The highest BCUT2D eigenvalue weighted by atomic mass is 32.2. The van der Waals surface area contributed by atoms with Crippen molar-refractivity contribution in [1.29, 1.82) is 0 Å². The first-order chi connectivity index (χ1) is 12.7. The quantitative estimate of drug-likeness (QED) is 0.546. The summed E-state index contributed by atoms with van der Waals surface area (Å²) in [6, 6.07) is 8.46. The third-order valence-electron chi connectivity index (χ3n) is 4.15. The number of hydrogen-bond acceptors (Lipinski definition) is 7. The molecule has 1 N–H and O–H groups in total. The summed E-state index contributed by atoms with van der Waals surface area (Å²) in [5.74, 6) is -0.266. The lowest BCUT2D eigenvalue weighted by Crippen LogP contribution is -2.43. The first kappa shape index (κ1) is 17.4. The van der Waals surface area contributed by atoms with Gasteiger partial charge in [0.05, 0.1) is 16.3 Å². The first-order valence-corrected chi connectivity index (χ1v) is 10.4. The summed E-state index contributed by atoms with van der Waals surface area (Å²) in [6.45, 7) is 3.70. The second kappa shape index (κ2) is 7.69. The number of thiazole rings is 1. The van der Waals surface area contributed by atoms with Crippen LogP contribution in [0.1, 0.15) is 0 Å². The van der Waals surface area contributed by atoms with Gasteiger partial charge in [-0.3, -0.25) is 0 Å². The Labute approximate surface area is 159 Å². The molecule has 0 radical (unpaired) electrons. The van der Waals surface area contributed by atoms with Crippen LogP contribution in [0.4, 0.5) is 9.52 Å². The summed E-state index contributed by atoms with van der Waals surface area (Å²) in [4.78, 5) is 17.0. The van der Waals surface area contributed by atoms with Gasteiger partial charge in [-0.15, -0.1) is 0 Å². The zero-order valence-electron chi connectivity index (χ0n) is 14.3. The van der Waals surface area contributed by atoms with Gasteiger partial charge in [0, 0.05) is 37.9 Å². The molecule has 8 heteroatoms. The van der Waals surface area contributed by atoms with E-state index in [9.17, 15) is 4.39 Å². The molecule has 1 aliphatic rings. The molecule has 0 saturated carbocycles. The summed E-state index contributed by atoms with van der Waals surface area (Å²) in [6.07, 6.45) is 3.71. The summed E-state index contributed by atoms with van der Waals surface area (Å²) >= 11 is 3.10. The van der Waals surface area contributed by atoms with E-state index in [-0.39, 0.29) is 5.82 Å². The second-order valence-corrected chi connectivity index (χ2v) is 7.60. The lowest BCUT2D eigenvalue weighted by Gasteiger charge is -2.26. The van der Waals surface area contributed by atoms with E-state index >= 15 is 0 Å². The Morgan fingerprint density at radius 1 is 1.19 bits per heavy atom. The monoisotopic (exact) mass is 387 g/mol. The zero-order chi connectivity index (χ0) is 17.9. The molecule has 0 aliphatic carbocycles. The van der Waals surface area contributed by atoms with Gasteiger partial charge >= 0.3 is 0 Å². The molecule has 0 spiro atoms. The summed E-state index contributed by atoms with van der Waals surface area (Å²) < 4.78 is 13.8. The molecule has 0 atom stereocenters. The van der Waals surface area contributed by atoms with E-state index in [0.717, 1.165) is 53.1 Å². The minimum atomic E-state index is -0.266. The predicted octanol–water partition coefficient (Wildman–Crippen LogP) is 3.54. The number of anilines is 1. The molecular weight excluding hydrogens is 369 g/mol. The van der Waals surface area contributed by atoms with Gasteiger partial charge in [0.2, 0.25) is 0 Å². The highest BCUT2D eigenvalue weighted by Crippen LogP contribution is 2.40. The maximum absolute atomic E-state index is 13.8. The maximum Gasteiger partial charge on any atom is 0.187 e. The van der Waals surface area contributed by atoms with Gasteiger partial charge in [0.1, 0.15) is 5.82 Å². The topological polar surface area (TPSA) is 53.9 Å². The van der Waals surface area contributed by atoms with E-state index in [1.54, 1.807) is 23.6 Å². The summed E-state index contributed by atoms with van der Waals surface area (Å²) in [7, 11) is 0. The SMILES string of the molecule is CSc1nccc(-c2sc(N3CCNCC3)nc2-c2cccc(F)c2)n1. The van der Waals surface area contributed by atoms with Gasteiger partial charge < -0.3 is 10.2 Å². The molecule has 0 bridgehead atoms. The van der Waals surface area contributed by atoms with Crippen molar-refractivity contribution >= 4 is 28.2 Å². The van der Waals surface area contributed by atoms with Crippen molar-refractivity contribution in [3.05, 3.63) is 42.3 Å². The highest BCUT2D eigenvalue weighted by Gasteiger charge is 2.21. The number of nitrogens with one attached hydrogen (secondary N) is 1. The minimum Gasteiger partial charge on any atom is -0.346 e. The van der Waals surface area contributed by atoms with Gasteiger partial charge in [-0.25, -0.2) is 19.3 Å². The first-order valence-electron chi connectivity index (χ1n) is 8.34. The van der Waals surface area contributed by atoms with E-state index in [4.69, 9.17) is 4.98 Å². The van der Waals surface area contributed by atoms with Crippen LogP contribution in [0, 0.1) is 5.82 Å². The van der Waals surface area contributed by atoms with Crippen molar-refractivity contribution in [2.24, 2.45) is 0 Å². The average molecular weight is 388 g/mol. The predicted molar refractivity (Wildman–Crippen MR) is 105 cm³/mol. The molecule has 2 aromatic heterocycles. The van der Waals surface area contributed by atoms with E-state index < -0.39 is 0 Å².